The summed E-state index contributed by atoms with van der Waals surface area (Å²) < 4.78 is 5.07. The smallest absolute Gasteiger partial charge is 0.329 e. The van der Waals surface area contributed by atoms with Crippen molar-refractivity contribution in [2.45, 2.75) is 19.9 Å². The van der Waals surface area contributed by atoms with Crippen LogP contribution in [-0.4, -0.2) is 47.5 Å². The molecule has 6 heteroatoms. The summed E-state index contributed by atoms with van der Waals surface area (Å²) in [6.45, 7) is 4.52. The van der Waals surface area contributed by atoms with Gasteiger partial charge in [-0.2, -0.15) is 11.8 Å². The molecular weight excluding hydrogens is 288 g/mol. The Morgan fingerprint density at radius 1 is 1.48 bits per heavy atom. The lowest BCUT2D eigenvalue weighted by atomic mass is 10.1. The van der Waals surface area contributed by atoms with Crippen LogP contribution in [0.25, 0.3) is 0 Å². The summed E-state index contributed by atoms with van der Waals surface area (Å²) in [6.07, 6.45) is 0. The maximum Gasteiger partial charge on any atom is 0.329 e. The monoisotopic (exact) mass is 308 g/mol. The maximum absolute atomic E-state index is 12.6. The maximum atomic E-state index is 12.6. The number of rotatable bonds is 3. The van der Waals surface area contributed by atoms with Gasteiger partial charge in [-0.3, -0.25) is 4.79 Å². The van der Waals surface area contributed by atoms with Crippen LogP contribution >= 0.6 is 11.8 Å². The molecule has 5 nitrogen and oxygen atoms in total. The van der Waals surface area contributed by atoms with E-state index in [1.54, 1.807) is 35.7 Å². The molecule has 0 radical (unpaired) electrons. The van der Waals surface area contributed by atoms with E-state index in [1.807, 2.05) is 13.0 Å². The van der Waals surface area contributed by atoms with Crippen molar-refractivity contribution in [3.63, 3.8) is 0 Å². The summed E-state index contributed by atoms with van der Waals surface area (Å²) >= 11 is 1.66. The number of benzene rings is 1. The summed E-state index contributed by atoms with van der Waals surface area (Å²) in [5.74, 6) is 0.896. The van der Waals surface area contributed by atoms with Crippen LogP contribution < -0.4 is 5.73 Å². The molecule has 2 N–H and O–H groups in total. The second-order valence-corrected chi connectivity index (χ2v) is 6.06. The molecule has 2 rings (SSSR count). The Labute approximate surface area is 128 Å². The van der Waals surface area contributed by atoms with E-state index in [-0.39, 0.29) is 11.9 Å². The van der Waals surface area contributed by atoms with Crippen molar-refractivity contribution in [2.24, 2.45) is 0 Å². The minimum absolute atomic E-state index is 0.167. The van der Waals surface area contributed by atoms with E-state index in [2.05, 4.69) is 0 Å². The second kappa shape index (κ2) is 6.85. The third-order valence-corrected chi connectivity index (χ3v) is 4.50. The fourth-order valence-electron chi connectivity index (χ4n) is 2.22. The third kappa shape index (κ3) is 3.50. The Kier molecular flexibility index (Phi) is 5.12. The van der Waals surface area contributed by atoms with Gasteiger partial charge in [0, 0.05) is 29.3 Å². The molecule has 1 aliphatic rings. The highest BCUT2D eigenvalue weighted by Crippen LogP contribution is 2.22. The molecule has 0 aromatic heterocycles. The molecule has 114 valence electrons. The number of aryl methyl sites for hydroxylation is 1. The fraction of sp³-hybridized carbons (Fsp3) is 0.467. The van der Waals surface area contributed by atoms with E-state index in [0.29, 0.717) is 30.2 Å². The fourth-order valence-corrected chi connectivity index (χ4v) is 3.25. The minimum atomic E-state index is -0.515. The largest absolute Gasteiger partial charge is 0.464 e. The van der Waals surface area contributed by atoms with Crippen molar-refractivity contribution in [1.29, 1.82) is 0 Å². The molecular formula is C15H20N2O3S. The first kappa shape index (κ1) is 15.7. The molecule has 1 aromatic rings. The topological polar surface area (TPSA) is 72.6 Å². The van der Waals surface area contributed by atoms with Crippen molar-refractivity contribution in [3.05, 3.63) is 29.3 Å². The van der Waals surface area contributed by atoms with Gasteiger partial charge in [0.1, 0.15) is 6.04 Å². The number of nitrogen functional groups attached to an aromatic ring is 1. The lowest BCUT2D eigenvalue weighted by molar-refractivity contribution is -0.147. The number of thioether (sulfide) groups is 1. The van der Waals surface area contributed by atoms with Crippen LogP contribution in [-0.2, 0) is 9.53 Å². The Morgan fingerprint density at radius 3 is 2.90 bits per heavy atom. The summed E-state index contributed by atoms with van der Waals surface area (Å²) in [5, 5.41) is 0. The number of carbonyl (C=O) groups is 2. The van der Waals surface area contributed by atoms with Gasteiger partial charge in [0.2, 0.25) is 0 Å². The first-order valence-electron chi connectivity index (χ1n) is 6.96. The lowest BCUT2D eigenvalue weighted by Crippen LogP contribution is -2.51. The quantitative estimate of drug-likeness (QED) is 0.679. The van der Waals surface area contributed by atoms with Crippen LogP contribution in [0.15, 0.2) is 18.2 Å². The number of carbonyl (C=O) groups excluding carboxylic acids is 2. The highest BCUT2D eigenvalue weighted by molar-refractivity contribution is 7.99. The normalized spacial score (nSPS) is 18.4. The summed E-state index contributed by atoms with van der Waals surface area (Å²) in [4.78, 5) is 26.2. The predicted octanol–water partition coefficient (Wildman–Crippen LogP) is 1.70. The zero-order valence-electron chi connectivity index (χ0n) is 12.3. The molecule has 1 atom stereocenters. The number of hydrogen-bond donors (Lipinski definition) is 1. The highest BCUT2D eigenvalue weighted by Gasteiger charge is 2.34. The van der Waals surface area contributed by atoms with Crippen molar-refractivity contribution in [3.8, 4) is 0 Å². The van der Waals surface area contributed by atoms with Crippen molar-refractivity contribution in [2.75, 3.05) is 30.4 Å². The van der Waals surface area contributed by atoms with E-state index in [4.69, 9.17) is 10.5 Å². The summed E-state index contributed by atoms with van der Waals surface area (Å²) in [5.41, 5.74) is 7.89. The molecule has 0 bridgehead atoms. The summed E-state index contributed by atoms with van der Waals surface area (Å²) in [6, 6.07) is 4.72. The Hall–Kier alpha value is -1.69. The van der Waals surface area contributed by atoms with Crippen molar-refractivity contribution in [1.82, 2.24) is 4.90 Å². The van der Waals surface area contributed by atoms with E-state index < -0.39 is 6.04 Å². The summed E-state index contributed by atoms with van der Waals surface area (Å²) in [7, 11) is 0. The number of hydrogen-bond acceptors (Lipinski definition) is 5. The molecule has 1 aromatic carbocycles. The highest BCUT2D eigenvalue weighted by atomic mass is 32.2. The predicted molar refractivity (Wildman–Crippen MR) is 84.4 cm³/mol. The van der Waals surface area contributed by atoms with Gasteiger partial charge in [0.25, 0.3) is 5.91 Å². The number of esters is 1. The standard InChI is InChI=1S/C15H20N2O3S/c1-3-20-15(19)13-9-21-7-6-17(13)14(18)11-5-4-10(2)12(16)8-11/h4-5,8,13H,3,6-7,9,16H2,1-2H3. The second-order valence-electron chi connectivity index (χ2n) is 4.91. The zero-order chi connectivity index (χ0) is 15.4. The van der Waals surface area contributed by atoms with Crippen molar-refractivity contribution >= 4 is 29.3 Å². The van der Waals surface area contributed by atoms with Gasteiger partial charge < -0.3 is 15.4 Å². The van der Waals surface area contributed by atoms with Gasteiger partial charge in [-0.05, 0) is 31.5 Å². The van der Waals surface area contributed by atoms with Crippen molar-refractivity contribution < 1.29 is 14.3 Å². The molecule has 0 aliphatic carbocycles. The van der Waals surface area contributed by atoms with Gasteiger partial charge in [-0.25, -0.2) is 4.79 Å². The van der Waals surface area contributed by atoms with Crippen LogP contribution in [0.4, 0.5) is 5.69 Å². The Morgan fingerprint density at radius 2 is 2.24 bits per heavy atom. The molecule has 0 spiro atoms. The van der Waals surface area contributed by atoms with Gasteiger partial charge in [-0.15, -0.1) is 0 Å². The number of ether oxygens (including phenoxy) is 1. The SMILES string of the molecule is CCOC(=O)C1CSCCN1C(=O)c1ccc(C)c(N)c1. The number of nitrogens with two attached hydrogens (primary N) is 1. The molecule has 1 fully saturated rings. The van der Waals surface area contributed by atoms with E-state index in [0.717, 1.165) is 11.3 Å². The minimum Gasteiger partial charge on any atom is -0.464 e. The molecule has 1 saturated heterocycles. The van der Waals surface area contributed by atoms with Crippen LogP contribution in [0.2, 0.25) is 0 Å². The number of amides is 1. The molecule has 1 heterocycles. The zero-order valence-corrected chi connectivity index (χ0v) is 13.1. The molecule has 1 amide bonds. The van der Waals surface area contributed by atoms with Gasteiger partial charge >= 0.3 is 5.97 Å². The van der Waals surface area contributed by atoms with E-state index in [1.165, 1.54) is 0 Å². The van der Waals surface area contributed by atoms with Gasteiger partial charge in [0.15, 0.2) is 0 Å². The average Bonchev–Trinajstić information content (AvgIpc) is 2.49. The molecule has 21 heavy (non-hydrogen) atoms. The Bertz CT molecular complexity index is 548. The van der Waals surface area contributed by atoms with Gasteiger partial charge in [0.05, 0.1) is 6.61 Å². The van der Waals surface area contributed by atoms with E-state index in [9.17, 15) is 9.59 Å². The van der Waals surface area contributed by atoms with Crippen LogP contribution in [0.3, 0.4) is 0 Å². The number of anilines is 1. The average molecular weight is 308 g/mol. The molecule has 1 aliphatic heterocycles. The van der Waals surface area contributed by atoms with Crippen LogP contribution in [0.5, 0.6) is 0 Å². The van der Waals surface area contributed by atoms with Gasteiger partial charge in [-0.1, -0.05) is 6.07 Å². The lowest BCUT2D eigenvalue weighted by Gasteiger charge is -2.33. The van der Waals surface area contributed by atoms with Crippen LogP contribution in [0.1, 0.15) is 22.8 Å². The molecule has 0 saturated carbocycles. The van der Waals surface area contributed by atoms with E-state index >= 15 is 0 Å². The Balaban J connectivity index is 2.21. The first-order chi connectivity index (χ1) is 10.0. The first-order valence-corrected chi connectivity index (χ1v) is 8.11. The molecule has 1 unspecified atom stereocenters. The number of nitrogens with zero attached hydrogens (tertiary/aromatic N) is 1. The van der Waals surface area contributed by atoms with Crippen LogP contribution in [0, 0.1) is 6.92 Å². The third-order valence-electron chi connectivity index (χ3n) is 3.47.